The van der Waals surface area contributed by atoms with Crippen LogP contribution in [0.5, 0.6) is 5.75 Å². The smallest absolute Gasteiger partial charge is 0.326 e. The lowest BCUT2D eigenvalue weighted by Gasteiger charge is -2.13. The van der Waals surface area contributed by atoms with E-state index in [0.29, 0.717) is 38.5 Å². The number of carboxylic acids is 1. The number of rotatable bonds is 5. The van der Waals surface area contributed by atoms with Crippen molar-refractivity contribution < 1.29 is 19.4 Å². The molecule has 0 saturated carbocycles. The van der Waals surface area contributed by atoms with Crippen molar-refractivity contribution in [2.45, 2.75) is 19.9 Å². The van der Waals surface area contributed by atoms with Crippen LogP contribution in [0.15, 0.2) is 42.5 Å². The van der Waals surface area contributed by atoms with Gasteiger partial charge in [0.2, 0.25) is 0 Å². The zero-order chi connectivity index (χ0) is 19.0. The zero-order valence-electron chi connectivity index (χ0n) is 14.6. The van der Waals surface area contributed by atoms with E-state index >= 15 is 0 Å². The third kappa shape index (κ3) is 2.95. The predicted octanol–water partition coefficient (Wildman–Crippen LogP) is 4.49. The Labute approximate surface area is 155 Å². The molecule has 3 rings (SSSR count). The third-order valence-electron chi connectivity index (χ3n) is 4.54. The number of hydrogen-bond acceptors (Lipinski definition) is 3. The van der Waals surface area contributed by atoms with E-state index in [1.54, 1.807) is 68.0 Å². The molecule has 0 spiro atoms. The highest BCUT2D eigenvalue weighted by atomic mass is 35.5. The molecule has 6 heteroatoms. The van der Waals surface area contributed by atoms with Gasteiger partial charge in [0.25, 0.3) is 0 Å². The van der Waals surface area contributed by atoms with Crippen molar-refractivity contribution in [1.29, 1.82) is 0 Å². The second-order valence-electron chi connectivity index (χ2n) is 6.06. The number of halogens is 1. The number of ketones is 1. The minimum atomic E-state index is -0.974. The van der Waals surface area contributed by atoms with Crippen molar-refractivity contribution in [1.82, 2.24) is 4.57 Å². The molecule has 1 heterocycles. The van der Waals surface area contributed by atoms with Crippen molar-refractivity contribution in [3.8, 4) is 5.75 Å². The largest absolute Gasteiger partial charge is 0.497 e. The molecular formula is C20H18ClNO4. The van der Waals surface area contributed by atoms with Crippen LogP contribution in [0.25, 0.3) is 10.9 Å². The van der Waals surface area contributed by atoms with Crippen LogP contribution in [0.4, 0.5) is 0 Å². The van der Waals surface area contributed by atoms with Crippen LogP contribution in [0, 0.1) is 6.92 Å². The quantitative estimate of drug-likeness (QED) is 0.671. The van der Waals surface area contributed by atoms with Crippen LogP contribution in [0.1, 0.15) is 34.6 Å². The Morgan fingerprint density at radius 3 is 2.38 bits per heavy atom. The summed E-state index contributed by atoms with van der Waals surface area (Å²) in [5.41, 5.74) is 2.23. The summed E-state index contributed by atoms with van der Waals surface area (Å²) in [4.78, 5) is 24.7. The van der Waals surface area contributed by atoms with Crippen LogP contribution in [-0.4, -0.2) is 28.5 Å². The molecule has 0 aliphatic carbocycles. The maximum absolute atomic E-state index is 13.1. The monoisotopic (exact) mass is 371 g/mol. The van der Waals surface area contributed by atoms with Gasteiger partial charge in [-0.05, 0) is 50.2 Å². The Kier molecular flexibility index (Phi) is 4.74. The van der Waals surface area contributed by atoms with Gasteiger partial charge in [0, 0.05) is 27.7 Å². The first-order valence-corrected chi connectivity index (χ1v) is 8.44. The Morgan fingerprint density at radius 2 is 1.81 bits per heavy atom. The molecule has 0 aliphatic heterocycles. The molecule has 0 radical (unpaired) electrons. The predicted molar refractivity (Wildman–Crippen MR) is 100 cm³/mol. The summed E-state index contributed by atoms with van der Waals surface area (Å²) in [5, 5.41) is 10.7. The third-order valence-corrected chi connectivity index (χ3v) is 4.79. The highest BCUT2D eigenvalue weighted by molar-refractivity contribution is 6.30. The highest BCUT2D eigenvalue weighted by Crippen LogP contribution is 2.33. The molecule has 1 unspecified atom stereocenters. The number of fused-ring (bicyclic) bond motifs is 1. The second kappa shape index (κ2) is 6.84. The average Bonchev–Trinajstić information content (AvgIpc) is 2.91. The van der Waals surface area contributed by atoms with Gasteiger partial charge in [0.15, 0.2) is 5.78 Å². The number of carbonyl (C=O) groups excluding carboxylic acids is 1. The number of aliphatic carboxylic acids is 1. The van der Waals surface area contributed by atoms with E-state index in [1.807, 2.05) is 0 Å². The summed E-state index contributed by atoms with van der Waals surface area (Å²) < 4.78 is 6.92. The SMILES string of the molecule is COc1ccc2c(C(=O)c3ccc(Cl)cc3)c(C)n(C(C)C(=O)O)c2c1. The van der Waals surface area contributed by atoms with Crippen molar-refractivity contribution in [2.75, 3.05) is 7.11 Å². The summed E-state index contributed by atoms with van der Waals surface area (Å²) in [6.45, 7) is 3.35. The first-order valence-electron chi connectivity index (χ1n) is 8.06. The first-order chi connectivity index (χ1) is 12.3. The minimum Gasteiger partial charge on any atom is -0.497 e. The van der Waals surface area contributed by atoms with Crippen molar-refractivity contribution in [3.05, 3.63) is 64.3 Å². The van der Waals surface area contributed by atoms with Gasteiger partial charge in [-0.25, -0.2) is 4.79 Å². The van der Waals surface area contributed by atoms with Gasteiger partial charge in [0.1, 0.15) is 11.8 Å². The molecule has 26 heavy (non-hydrogen) atoms. The lowest BCUT2D eigenvalue weighted by molar-refractivity contribution is -0.140. The molecule has 5 nitrogen and oxygen atoms in total. The van der Waals surface area contributed by atoms with Crippen molar-refractivity contribution in [3.63, 3.8) is 0 Å². The van der Waals surface area contributed by atoms with Gasteiger partial charge >= 0.3 is 5.97 Å². The van der Waals surface area contributed by atoms with Gasteiger partial charge in [-0.3, -0.25) is 4.79 Å². The van der Waals surface area contributed by atoms with Crippen LogP contribution in [-0.2, 0) is 4.79 Å². The van der Waals surface area contributed by atoms with E-state index < -0.39 is 12.0 Å². The summed E-state index contributed by atoms with van der Waals surface area (Å²) in [5.74, 6) is -0.552. The number of methoxy groups -OCH3 is 1. The lowest BCUT2D eigenvalue weighted by atomic mass is 10.0. The zero-order valence-corrected chi connectivity index (χ0v) is 15.4. The molecule has 0 aliphatic rings. The normalized spacial score (nSPS) is 12.2. The summed E-state index contributed by atoms with van der Waals surface area (Å²) in [7, 11) is 1.54. The Hall–Kier alpha value is -2.79. The summed E-state index contributed by atoms with van der Waals surface area (Å²) >= 11 is 5.91. The molecular weight excluding hydrogens is 354 g/mol. The fraction of sp³-hybridized carbons (Fsp3) is 0.200. The fourth-order valence-electron chi connectivity index (χ4n) is 3.19. The molecule has 0 bridgehead atoms. The minimum absolute atomic E-state index is 0.175. The van der Waals surface area contributed by atoms with Gasteiger partial charge in [-0.15, -0.1) is 0 Å². The molecule has 0 amide bonds. The van der Waals surface area contributed by atoms with E-state index in [0.717, 1.165) is 0 Å². The van der Waals surface area contributed by atoms with Gasteiger partial charge in [-0.1, -0.05) is 11.6 Å². The molecule has 1 N–H and O–H groups in total. The van der Waals surface area contributed by atoms with Gasteiger partial charge < -0.3 is 14.4 Å². The van der Waals surface area contributed by atoms with E-state index in [2.05, 4.69) is 0 Å². The van der Waals surface area contributed by atoms with Crippen LogP contribution >= 0.6 is 11.6 Å². The van der Waals surface area contributed by atoms with Crippen LogP contribution in [0.2, 0.25) is 5.02 Å². The van der Waals surface area contributed by atoms with Crippen LogP contribution < -0.4 is 4.74 Å². The summed E-state index contributed by atoms with van der Waals surface area (Å²) in [6, 6.07) is 11.1. The van der Waals surface area contributed by atoms with E-state index in [4.69, 9.17) is 16.3 Å². The highest BCUT2D eigenvalue weighted by Gasteiger charge is 2.26. The van der Waals surface area contributed by atoms with E-state index in [-0.39, 0.29) is 5.78 Å². The molecule has 0 saturated heterocycles. The first kappa shape index (κ1) is 18.0. The topological polar surface area (TPSA) is 68.5 Å². The second-order valence-corrected chi connectivity index (χ2v) is 6.50. The number of aromatic nitrogens is 1. The van der Waals surface area contributed by atoms with Crippen molar-refractivity contribution >= 4 is 34.3 Å². The van der Waals surface area contributed by atoms with Gasteiger partial charge in [0.05, 0.1) is 18.2 Å². The molecule has 1 atom stereocenters. The Bertz CT molecular complexity index is 1000. The van der Waals surface area contributed by atoms with E-state index in [9.17, 15) is 14.7 Å². The number of nitrogens with zero attached hydrogens (tertiary/aromatic N) is 1. The number of carbonyl (C=O) groups is 2. The molecule has 134 valence electrons. The molecule has 2 aromatic carbocycles. The fourth-order valence-corrected chi connectivity index (χ4v) is 3.31. The number of benzene rings is 2. The molecule has 0 fully saturated rings. The molecule has 3 aromatic rings. The number of ether oxygens (including phenoxy) is 1. The average molecular weight is 372 g/mol. The number of hydrogen-bond donors (Lipinski definition) is 1. The van der Waals surface area contributed by atoms with Crippen LogP contribution in [0.3, 0.4) is 0 Å². The summed E-state index contributed by atoms with van der Waals surface area (Å²) in [6.07, 6.45) is 0. The molecule has 1 aromatic heterocycles. The Balaban J connectivity index is 2.28. The number of carboxylic acid groups (broad SMARTS) is 1. The van der Waals surface area contributed by atoms with Crippen molar-refractivity contribution in [2.24, 2.45) is 0 Å². The Morgan fingerprint density at radius 1 is 1.15 bits per heavy atom. The lowest BCUT2D eigenvalue weighted by Crippen LogP contribution is -2.17. The maximum atomic E-state index is 13.1. The standard InChI is InChI=1S/C20H18ClNO4/c1-11-18(19(23)13-4-6-14(21)7-5-13)16-9-8-15(26-3)10-17(16)22(11)12(2)20(24)25/h4-10,12H,1-3H3,(H,24,25). The maximum Gasteiger partial charge on any atom is 0.326 e. The van der Waals surface area contributed by atoms with Gasteiger partial charge in [-0.2, -0.15) is 0 Å². The van der Waals surface area contributed by atoms with E-state index in [1.165, 1.54) is 0 Å².